The lowest BCUT2D eigenvalue weighted by molar-refractivity contribution is -0.384. The minimum Gasteiger partial charge on any atom is -0.494 e. The van der Waals surface area contributed by atoms with Gasteiger partial charge in [0.15, 0.2) is 0 Å². The Labute approximate surface area is 119 Å². The van der Waals surface area contributed by atoms with Gasteiger partial charge in [-0.1, -0.05) is 20.3 Å². The van der Waals surface area contributed by atoms with Crippen molar-refractivity contribution in [3.63, 3.8) is 0 Å². The van der Waals surface area contributed by atoms with Crippen LogP contribution in [0, 0.1) is 22.0 Å². The fourth-order valence-corrected chi connectivity index (χ4v) is 3.06. The van der Waals surface area contributed by atoms with Gasteiger partial charge in [-0.2, -0.15) is 0 Å². The maximum atomic E-state index is 10.8. The van der Waals surface area contributed by atoms with Gasteiger partial charge in [0.1, 0.15) is 5.75 Å². The van der Waals surface area contributed by atoms with Crippen LogP contribution in [0.3, 0.4) is 0 Å². The predicted octanol–water partition coefficient (Wildman–Crippen LogP) is 3.84. The topological polar surface area (TPSA) is 64.4 Å². The highest BCUT2D eigenvalue weighted by molar-refractivity contribution is 5.61. The fourth-order valence-electron chi connectivity index (χ4n) is 3.06. The van der Waals surface area contributed by atoms with Crippen LogP contribution in [0.25, 0.3) is 0 Å². The Morgan fingerprint density at radius 2 is 1.95 bits per heavy atom. The van der Waals surface area contributed by atoms with E-state index < -0.39 is 4.92 Å². The van der Waals surface area contributed by atoms with Gasteiger partial charge in [-0.25, -0.2) is 0 Å². The second-order valence-electron chi connectivity index (χ2n) is 5.70. The maximum Gasteiger partial charge on any atom is 0.273 e. The summed E-state index contributed by atoms with van der Waals surface area (Å²) in [4.78, 5) is 10.4. The van der Waals surface area contributed by atoms with E-state index in [0.717, 1.165) is 5.69 Å². The van der Waals surface area contributed by atoms with Gasteiger partial charge in [-0.3, -0.25) is 10.1 Å². The molecule has 2 atom stereocenters. The number of non-ortho nitro benzene ring substituents is 1. The number of nitro benzene ring substituents is 1. The van der Waals surface area contributed by atoms with Crippen LogP contribution in [0.4, 0.5) is 11.4 Å². The maximum absolute atomic E-state index is 10.8. The van der Waals surface area contributed by atoms with Crippen molar-refractivity contribution in [2.75, 3.05) is 12.4 Å². The fraction of sp³-hybridized carbons (Fsp3) is 0.600. The van der Waals surface area contributed by atoms with E-state index in [1.165, 1.54) is 38.5 Å². The van der Waals surface area contributed by atoms with E-state index in [-0.39, 0.29) is 5.69 Å². The first kappa shape index (κ1) is 14.6. The van der Waals surface area contributed by atoms with Crippen molar-refractivity contribution in [1.29, 1.82) is 0 Å². The first-order valence-electron chi connectivity index (χ1n) is 7.12. The zero-order valence-electron chi connectivity index (χ0n) is 12.3. The Bertz CT molecular complexity index is 480. The van der Waals surface area contributed by atoms with Gasteiger partial charge in [-0.15, -0.1) is 0 Å². The molecule has 1 saturated carbocycles. The molecule has 2 rings (SSSR count). The van der Waals surface area contributed by atoms with Crippen LogP contribution in [0.1, 0.15) is 33.1 Å². The quantitative estimate of drug-likeness (QED) is 0.671. The molecule has 1 aromatic carbocycles. The summed E-state index contributed by atoms with van der Waals surface area (Å²) in [6, 6.07) is 5.12. The summed E-state index contributed by atoms with van der Waals surface area (Å²) >= 11 is 0. The molecule has 5 nitrogen and oxygen atoms in total. The zero-order valence-corrected chi connectivity index (χ0v) is 12.3. The number of hydrogen-bond acceptors (Lipinski definition) is 4. The predicted molar refractivity (Wildman–Crippen MR) is 79.2 cm³/mol. The minimum atomic E-state index is -0.405. The summed E-state index contributed by atoms with van der Waals surface area (Å²) in [5, 5.41) is 14.3. The Morgan fingerprint density at radius 3 is 2.50 bits per heavy atom. The SMILES string of the molecule is COc1cc([N+](=O)[O-])ccc1NC1C(C)CCCC1C. The third-order valence-corrected chi connectivity index (χ3v) is 4.26. The smallest absolute Gasteiger partial charge is 0.273 e. The number of benzene rings is 1. The first-order chi connectivity index (χ1) is 9.52. The van der Waals surface area contributed by atoms with Gasteiger partial charge in [0.05, 0.1) is 23.8 Å². The molecule has 0 heterocycles. The van der Waals surface area contributed by atoms with Crippen LogP contribution in [0.2, 0.25) is 0 Å². The van der Waals surface area contributed by atoms with E-state index in [2.05, 4.69) is 19.2 Å². The van der Waals surface area contributed by atoms with E-state index in [1.807, 2.05) is 0 Å². The molecule has 0 aromatic heterocycles. The molecule has 1 aliphatic rings. The van der Waals surface area contributed by atoms with Gasteiger partial charge in [0, 0.05) is 12.1 Å². The van der Waals surface area contributed by atoms with Crippen LogP contribution in [-0.4, -0.2) is 18.1 Å². The molecule has 0 bridgehead atoms. The molecule has 2 unspecified atom stereocenters. The van der Waals surface area contributed by atoms with E-state index >= 15 is 0 Å². The first-order valence-corrected chi connectivity index (χ1v) is 7.12. The van der Waals surface area contributed by atoms with Crippen LogP contribution in [-0.2, 0) is 0 Å². The van der Waals surface area contributed by atoms with Crippen molar-refractivity contribution in [3.8, 4) is 5.75 Å². The van der Waals surface area contributed by atoms with Crippen molar-refractivity contribution in [2.24, 2.45) is 11.8 Å². The highest BCUT2D eigenvalue weighted by Gasteiger charge is 2.28. The second-order valence-corrected chi connectivity index (χ2v) is 5.70. The molecule has 0 aliphatic heterocycles. The second kappa shape index (κ2) is 6.11. The van der Waals surface area contributed by atoms with Gasteiger partial charge in [-0.05, 0) is 30.7 Å². The lowest BCUT2D eigenvalue weighted by atomic mass is 9.78. The highest BCUT2D eigenvalue weighted by atomic mass is 16.6. The minimum absolute atomic E-state index is 0.0529. The number of nitrogens with one attached hydrogen (secondary N) is 1. The van der Waals surface area contributed by atoms with E-state index in [0.29, 0.717) is 23.6 Å². The molecule has 110 valence electrons. The monoisotopic (exact) mass is 278 g/mol. The molecule has 20 heavy (non-hydrogen) atoms. The lowest BCUT2D eigenvalue weighted by Gasteiger charge is -2.36. The number of methoxy groups -OCH3 is 1. The third kappa shape index (κ3) is 3.03. The number of hydrogen-bond donors (Lipinski definition) is 1. The summed E-state index contributed by atoms with van der Waals surface area (Å²) in [7, 11) is 1.54. The van der Waals surface area contributed by atoms with Crippen LogP contribution >= 0.6 is 0 Å². The molecule has 1 aliphatic carbocycles. The number of nitrogens with zero attached hydrogens (tertiary/aromatic N) is 1. The van der Waals surface area contributed by atoms with Gasteiger partial charge < -0.3 is 10.1 Å². The Balaban J connectivity index is 2.21. The van der Waals surface area contributed by atoms with Crippen molar-refractivity contribution in [1.82, 2.24) is 0 Å². The summed E-state index contributed by atoms with van der Waals surface area (Å²) in [6.45, 7) is 4.51. The molecular weight excluding hydrogens is 256 g/mol. The van der Waals surface area contributed by atoms with Gasteiger partial charge in [0.25, 0.3) is 5.69 Å². The normalized spacial score (nSPS) is 26.1. The van der Waals surface area contributed by atoms with Crippen LogP contribution < -0.4 is 10.1 Å². The van der Waals surface area contributed by atoms with E-state index in [4.69, 9.17) is 4.74 Å². The highest BCUT2D eigenvalue weighted by Crippen LogP contribution is 2.35. The summed E-state index contributed by atoms with van der Waals surface area (Å²) in [5.41, 5.74) is 0.890. The molecule has 0 amide bonds. The summed E-state index contributed by atoms with van der Waals surface area (Å²) in [6.07, 6.45) is 3.71. The van der Waals surface area contributed by atoms with E-state index in [9.17, 15) is 10.1 Å². The standard InChI is InChI=1S/C15H22N2O3/c1-10-5-4-6-11(2)15(10)16-13-8-7-12(17(18)19)9-14(13)20-3/h7-11,15-16H,4-6H2,1-3H3. The largest absolute Gasteiger partial charge is 0.494 e. The number of rotatable bonds is 4. The van der Waals surface area contributed by atoms with Crippen molar-refractivity contribution >= 4 is 11.4 Å². The summed E-state index contributed by atoms with van der Waals surface area (Å²) < 4.78 is 5.28. The van der Waals surface area contributed by atoms with Gasteiger partial charge >= 0.3 is 0 Å². The number of ether oxygens (including phenoxy) is 1. The average molecular weight is 278 g/mol. The Morgan fingerprint density at radius 1 is 1.30 bits per heavy atom. The molecule has 5 heteroatoms. The Kier molecular flexibility index (Phi) is 4.47. The number of anilines is 1. The molecule has 1 fully saturated rings. The van der Waals surface area contributed by atoms with E-state index in [1.54, 1.807) is 6.07 Å². The van der Waals surface area contributed by atoms with Crippen LogP contribution in [0.5, 0.6) is 5.75 Å². The lowest BCUT2D eigenvalue weighted by Crippen LogP contribution is -2.37. The third-order valence-electron chi connectivity index (χ3n) is 4.26. The molecule has 1 N–H and O–H groups in total. The Hall–Kier alpha value is -1.78. The van der Waals surface area contributed by atoms with Crippen LogP contribution in [0.15, 0.2) is 18.2 Å². The molecular formula is C15H22N2O3. The number of nitro groups is 1. The molecule has 1 aromatic rings. The molecule has 0 saturated heterocycles. The van der Waals surface area contributed by atoms with Crippen molar-refractivity contribution < 1.29 is 9.66 Å². The molecule has 0 radical (unpaired) electrons. The van der Waals surface area contributed by atoms with Crippen molar-refractivity contribution in [3.05, 3.63) is 28.3 Å². The zero-order chi connectivity index (χ0) is 14.7. The average Bonchev–Trinajstić information content (AvgIpc) is 2.43. The van der Waals surface area contributed by atoms with Crippen molar-refractivity contribution in [2.45, 2.75) is 39.2 Å². The summed E-state index contributed by atoms with van der Waals surface area (Å²) in [5.74, 6) is 1.72. The molecule has 0 spiro atoms. The van der Waals surface area contributed by atoms with Gasteiger partial charge in [0.2, 0.25) is 0 Å².